The molecule has 3 amide bonds. The second-order valence-corrected chi connectivity index (χ2v) is 8.39. The van der Waals surface area contributed by atoms with E-state index in [1.165, 1.54) is 17.0 Å². The van der Waals surface area contributed by atoms with Crippen LogP contribution in [0, 0.1) is 11.2 Å². The van der Waals surface area contributed by atoms with Crippen molar-refractivity contribution in [3.05, 3.63) is 30.1 Å². The largest absolute Gasteiger partial charge is 0.325 e. The Kier molecular flexibility index (Phi) is 5.65. The van der Waals surface area contributed by atoms with E-state index in [0.29, 0.717) is 45.0 Å². The van der Waals surface area contributed by atoms with Gasteiger partial charge in [0.05, 0.1) is 18.6 Å². The number of nitrogens with one attached hydrogen (secondary N) is 1. The Morgan fingerprint density at radius 2 is 1.76 bits per heavy atom. The van der Waals surface area contributed by atoms with E-state index in [-0.39, 0.29) is 30.1 Å². The summed E-state index contributed by atoms with van der Waals surface area (Å²) in [4.78, 5) is 43.0. The van der Waals surface area contributed by atoms with Crippen LogP contribution in [0.5, 0.6) is 0 Å². The average molecular weight is 402 g/mol. The third-order valence-electron chi connectivity index (χ3n) is 6.33. The zero-order valence-electron chi connectivity index (χ0n) is 16.5. The molecule has 1 N–H and O–H groups in total. The molecule has 2 heterocycles. The minimum Gasteiger partial charge on any atom is -0.325 e. The first-order chi connectivity index (χ1) is 13.9. The van der Waals surface area contributed by atoms with E-state index in [1.807, 2.05) is 4.90 Å². The second kappa shape index (κ2) is 8.20. The van der Waals surface area contributed by atoms with E-state index >= 15 is 0 Å². The number of amides is 3. The molecule has 3 aliphatic rings. The molecule has 1 spiro atoms. The second-order valence-electron chi connectivity index (χ2n) is 8.39. The van der Waals surface area contributed by atoms with Gasteiger partial charge in [0.15, 0.2) is 0 Å². The Morgan fingerprint density at radius 3 is 2.45 bits per heavy atom. The summed E-state index contributed by atoms with van der Waals surface area (Å²) in [6, 6.07) is 5.83. The first-order valence-electron chi connectivity index (χ1n) is 10.3. The average Bonchev–Trinajstić information content (AvgIpc) is 3.24. The summed E-state index contributed by atoms with van der Waals surface area (Å²) in [5, 5.41) is 2.71. The zero-order chi connectivity index (χ0) is 20.4. The molecular formula is C21H27FN4O3. The summed E-state index contributed by atoms with van der Waals surface area (Å²) in [7, 11) is 0. The van der Waals surface area contributed by atoms with Crippen molar-refractivity contribution in [3.8, 4) is 0 Å². The third-order valence-corrected chi connectivity index (χ3v) is 6.33. The molecule has 0 atom stereocenters. The predicted octanol–water partition coefficient (Wildman–Crippen LogP) is 1.66. The van der Waals surface area contributed by atoms with Crippen molar-refractivity contribution in [2.75, 3.05) is 44.7 Å². The number of hydrogen-bond acceptors (Lipinski definition) is 5. The van der Waals surface area contributed by atoms with Crippen molar-refractivity contribution in [3.63, 3.8) is 0 Å². The molecule has 8 heteroatoms. The minimum absolute atomic E-state index is 0.0110. The number of imide groups is 1. The van der Waals surface area contributed by atoms with Crippen LogP contribution in [0.4, 0.5) is 10.1 Å². The van der Waals surface area contributed by atoms with Gasteiger partial charge in [-0.1, -0.05) is 18.9 Å². The van der Waals surface area contributed by atoms with Gasteiger partial charge in [-0.05, 0) is 31.0 Å². The maximum atomic E-state index is 13.2. The molecule has 29 heavy (non-hydrogen) atoms. The maximum absolute atomic E-state index is 13.2. The van der Waals surface area contributed by atoms with Gasteiger partial charge in [-0.2, -0.15) is 0 Å². The van der Waals surface area contributed by atoms with Crippen molar-refractivity contribution in [1.82, 2.24) is 14.7 Å². The van der Waals surface area contributed by atoms with E-state index in [1.54, 1.807) is 12.1 Å². The Balaban J connectivity index is 1.24. The van der Waals surface area contributed by atoms with E-state index < -0.39 is 5.41 Å². The summed E-state index contributed by atoms with van der Waals surface area (Å²) in [5.41, 5.74) is 0.0222. The smallest absolute Gasteiger partial charge is 0.238 e. The van der Waals surface area contributed by atoms with E-state index in [9.17, 15) is 18.8 Å². The van der Waals surface area contributed by atoms with Gasteiger partial charge in [0.1, 0.15) is 5.82 Å². The molecule has 1 aliphatic carbocycles. The fraction of sp³-hybridized carbons (Fsp3) is 0.571. The van der Waals surface area contributed by atoms with Crippen LogP contribution in [-0.2, 0) is 14.4 Å². The lowest BCUT2D eigenvalue weighted by atomic mass is 9.85. The Hall–Kier alpha value is -2.32. The molecule has 1 aromatic rings. The standard InChI is InChI=1S/C21H27FN4O3/c22-16-4-3-5-17(12-16)23-18(27)14-24-8-10-25(11-9-24)15-26-19(28)13-21(20(26)29)6-1-2-7-21/h3-5,12H,1-2,6-11,13-15H2,(H,23,27). The monoisotopic (exact) mass is 402 g/mol. The molecule has 1 saturated carbocycles. The van der Waals surface area contributed by atoms with Crippen molar-refractivity contribution in [1.29, 1.82) is 0 Å². The van der Waals surface area contributed by atoms with Crippen molar-refractivity contribution in [2.24, 2.45) is 5.41 Å². The third kappa shape index (κ3) is 4.33. The number of nitrogens with zero attached hydrogens (tertiary/aromatic N) is 3. The zero-order valence-corrected chi connectivity index (χ0v) is 16.5. The number of halogens is 1. The number of benzene rings is 1. The fourth-order valence-corrected chi connectivity index (χ4v) is 4.70. The predicted molar refractivity (Wildman–Crippen MR) is 105 cm³/mol. The van der Waals surface area contributed by atoms with Crippen LogP contribution in [0.15, 0.2) is 24.3 Å². The van der Waals surface area contributed by atoms with Gasteiger partial charge in [-0.25, -0.2) is 4.39 Å². The van der Waals surface area contributed by atoms with Gasteiger partial charge in [-0.3, -0.25) is 29.1 Å². The van der Waals surface area contributed by atoms with Gasteiger partial charge in [0.2, 0.25) is 17.7 Å². The lowest BCUT2D eigenvalue weighted by molar-refractivity contribution is -0.144. The highest BCUT2D eigenvalue weighted by atomic mass is 19.1. The maximum Gasteiger partial charge on any atom is 0.238 e. The Morgan fingerprint density at radius 1 is 1.07 bits per heavy atom. The molecule has 4 rings (SSSR count). The SMILES string of the molecule is O=C(CN1CCN(CN2C(=O)CC3(CCCC3)C2=O)CC1)Nc1cccc(F)c1. The Labute approximate surface area is 169 Å². The highest BCUT2D eigenvalue weighted by Gasteiger charge is 2.52. The van der Waals surface area contributed by atoms with Gasteiger partial charge in [0.25, 0.3) is 0 Å². The molecular weight excluding hydrogens is 375 g/mol. The van der Waals surface area contributed by atoms with E-state index in [4.69, 9.17) is 0 Å². The molecule has 7 nitrogen and oxygen atoms in total. The number of piperazine rings is 1. The number of hydrogen-bond donors (Lipinski definition) is 1. The summed E-state index contributed by atoms with van der Waals surface area (Å²) >= 11 is 0. The van der Waals surface area contributed by atoms with Crippen molar-refractivity contribution < 1.29 is 18.8 Å². The van der Waals surface area contributed by atoms with Gasteiger partial charge in [-0.15, -0.1) is 0 Å². The minimum atomic E-state index is -0.423. The summed E-state index contributed by atoms with van der Waals surface area (Å²) in [5.74, 6) is -0.607. The normalized spacial score (nSPS) is 22.6. The molecule has 0 radical (unpaired) electrons. The van der Waals surface area contributed by atoms with Gasteiger partial charge in [0, 0.05) is 38.3 Å². The van der Waals surface area contributed by atoms with Crippen LogP contribution in [0.2, 0.25) is 0 Å². The lowest BCUT2D eigenvalue weighted by Gasteiger charge is -2.36. The number of carbonyl (C=O) groups excluding carboxylic acids is 3. The molecule has 156 valence electrons. The Bertz CT molecular complexity index is 801. The first-order valence-corrected chi connectivity index (χ1v) is 10.3. The molecule has 2 aliphatic heterocycles. The van der Waals surface area contributed by atoms with E-state index in [0.717, 1.165) is 25.7 Å². The number of anilines is 1. The highest BCUT2D eigenvalue weighted by Crippen LogP contribution is 2.46. The molecule has 1 aromatic carbocycles. The topological polar surface area (TPSA) is 73.0 Å². The molecule has 0 bridgehead atoms. The molecule has 2 saturated heterocycles. The molecule has 0 unspecified atom stereocenters. The molecule has 3 fully saturated rings. The highest BCUT2D eigenvalue weighted by molar-refractivity contribution is 6.06. The lowest BCUT2D eigenvalue weighted by Crippen LogP contribution is -2.52. The number of rotatable bonds is 5. The van der Waals surface area contributed by atoms with Crippen LogP contribution in [0.25, 0.3) is 0 Å². The van der Waals surface area contributed by atoms with Crippen LogP contribution in [0.1, 0.15) is 32.1 Å². The van der Waals surface area contributed by atoms with Crippen LogP contribution in [-0.4, -0.2) is 71.8 Å². The van der Waals surface area contributed by atoms with Gasteiger partial charge < -0.3 is 5.32 Å². The summed E-state index contributed by atoms with van der Waals surface area (Å²) < 4.78 is 13.2. The quantitative estimate of drug-likeness (QED) is 0.759. The van der Waals surface area contributed by atoms with Crippen LogP contribution in [0.3, 0.4) is 0 Å². The van der Waals surface area contributed by atoms with Crippen LogP contribution >= 0.6 is 0 Å². The van der Waals surface area contributed by atoms with Gasteiger partial charge >= 0.3 is 0 Å². The molecule has 0 aromatic heterocycles. The van der Waals surface area contributed by atoms with Crippen molar-refractivity contribution in [2.45, 2.75) is 32.1 Å². The van der Waals surface area contributed by atoms with Crippen molar-refractivity contribution >= 4 is 23.4 Å². The van der Waals surface area contributed by atoms with E-state index in [2.05, 4.69) is 10.2 Å². The first kappa shape index (κ1) is 20.0. The number of carbonyl (C=O) groups is 3. The summed E-state index contributed by atoms with van der Waals surface area (Å²) in [6.07, 6.45) is 4.10. The van der Waals surface area contributed by atoms with Crippen LogP contribution < -0.4 is 5.32 Å². The summed E-state index contributed by atoms with van der Waals surface area (Å²) in [6.45, 7) is 3.32. The fourth-order valence-electron chi connectivity index (χ4n) is 4.70. The number of likely N-dealkylation sites (tertiary alicyclic amines) is 1.